The van der Waals surface area contributed by atoms with Crippen LogP contribution in [-0.2, 0) is 19.2 Å². The number of rotatable bonds is 7. The van der Waals surface area contributed by atoms with Crippen molar-refractivity contribution in [3.05, 3.63) is 12.7 Å². The highest BCUT2D eigenvalue weighted by Gasteiger charge is 2.38. The number of carbonyl (C=O) groups is 2. The molecule has 1 aliphatic rings. The highest BCUT2D eigenvalue weighted by Crippen LogP contribution is 2.18. The summed E-state index contributed by atoms with van der Waals surface area (Å²) in [5.74, 6) is -0.484. The summed E-state index contributed by atoms with van der Waals surface area (Å²) in [6.07, 6.45) is 1.54. The van der Waals surface area contributed by atoms with Gasteiger partial charge in [-0.15, -0.1) is 6.58 Å². The molecule has 1 unspecified atom stereocenters. The number of carbonyl (C=O) groups excluding carboxylic acids is 2. The molecule has 1 radical (unpaired) electrons. The zero-order chi connectivity index (χ0) is 14.3. The minimum absolute atomic E-state index is 0.159. The monoisotopic (exact) mass is 269 g/mol. The minimum Gasteiger partial charge on any atom is -0.468 e. The van der Waals surface area contributed by atoms with Crippen molar-refractivity contribution in [2.75, 3.05) is 20.3 Å². The van der Waals surface area contributed by atoms with Crippen LogP contribution in [0.1, 0.15) is 6.42 Å². The molecule has 3 atom stereocenters. The molecule has 0 aromatic carbocycles. The summed E-state index contributed by atoms with van der Waals surface area (Å²) >= 11 is 0. The summed E-state index contributed by atoms with van der Waals surface area (Å²) < 4.78 is 4.66. The van der Waals surface area contributed by atoms with Gasteiger partial charge in [0.05, 0.1) is 32.0 Å². The van der Waals surface area contributed by atoms with Gasteiger partial charge < -0.3 is 19.4 Å². The van der Waals surface area contributed by atoms with Gasteiger partial charge in [0.1, 0.15) is 6.04 Å². The number of ether oxygens (including phenoxy) is 1. The Kier molecular flexibility index (Phi) is 6.72. The average molecular weight is 269 g/mol. The topological polar surface area (TPSA) is 88.1 Å². The Morgan fingerprint density at radius 1 is 1.68 bits per heavy atom. The van der Waals surface area contributed by atoms with E-state index in [2.05, 4.69) is 16.8 Å². The molecule has 7 nitrogen and oxygen atoms in total. The maximum absolute atomic E-state index is 11.6. The maximum atomic E-state index is 11.6. The third-order valence-electron chi connectivity index (χ3n) is 2.90. The fourth-order valence-electron chi connectivity index (χ4n) is 1.94. The molecule has 1 aliphatic heterocycles. The molecule has 0 spiro atoms. The normalized spacial score (nSPS) is 27.6. The fourth-order valence-corrected chi connectivity index (χ4v) is 1.94. The number of aliphatic hydroxyl groups excluding tert-OH is 1. The number of methoxy groups -OCH3 is 1. The lowest BCUT2D eigenvalue weighted by Crippen LogP contribution is -2.60. The number of nitrogens with one attached hydrogen (secondary N) is 1. The summed E-state index contributed by atoms with van der Waals surface area (Å²) in [5.41, 5.74) is 2.69. The standard InChI is InChI=1S/C11H18BN2O5/c1-3-4-19-13-8-6-14(12-7-15)9(5-10(8)16)11(17)18-2/h3,7-10,13,16H,1,4-6H2,2H3/t8-,9?,10-/m0/s1. The molecule has 0 aliphatic carbocycles. The highest BCUT2D eigenvalue weighted by molar-refractivity contribution is 6.64. The zero-order valence-electron chi connectivity index (χ0n) is 10.8. The van der Waals surface area contributed by atoms with Crippen LogP contribution in [0.4, 0.5) is 0 Å². The van der Waals surface area contributed by atoms with Crippen LogP contribution in [0.15, 0.2) is 12.7 Å². The van der Waals surface area contributed by atoms with E-state index in [4.69, 9.17) is 4.84 Å². The third-order valence-corrected chi connectivity index (χ3v) is 2.90. The molecule has 8 heteroatoms. The van der Waals surface area contributed by atoms with Crippen LogP contribution in [0.25, 0.3) is 0 Å². The van der Waals surface area contributed by atoms with E-state index in [1.165, 1.54) is 19.3 Å². The molecule has 2 N–H and O–H groups in total. The summed E-state index contributed by atoms with van der Waals surface area (Å²) in [5, 5.41) is 9.96. The Hall–Kier alpha value is -1.22. The second-order valence-electron chi connectivity index (χ2n) is 4.15. The molecule has 1 rings (SSSR count). The van der Waals surface area contributed by atoms with E-state index >= 15 is 0 Å². The van der Waals surface area contributed by atoms with Gasteiger partial charge >= 0.3 is 5.97 Å². The second-order valence-corrected chi connectivity index (χ2v) is 4.15. The number of aliphatic hydroxyl groups is 1. The van der Waals surface area contributed by atoms with Crippen molar-refractivity contribution >= 4 is 19.6 Å². The quantitative estimate of drug-likeness (QED) is 0.145. The Morgan fingerprint density at radius 2 is 2.42 bits per heavy atom. The van der Waals surface area contributed by atoms with Crippen molar-refractivity contribution in [2.45, 2.75) is 24.6 Å². The number of piperidine rings is 1. The van der Waals surface area contributed by atoms with Crippen LogP contribution < -0.4 is 5.48 Å². The van der Waals surface area contributed by atoms with Gasteiger partial charge in [0, 0.05) is 13.0 Å². The van der Waals surface area contributed by atoms with E-state index in [9.17, 15) is 14.7 Å². The molecular formula is C11H18BN2O5. The van der Waals surface area contributed by atoms with Gasteiger partial charge in [0.15, 0.2) is 0 Å². The lowest BCUT2D eigenvalue weighted by atomic mass is 9.84. The van der Waals surface area contributed by atoms with Gasteiger partial charge in [0.25, 0.3) is 7.41 Å². The van der Waals surface area contributed by atoms with E-state index < -0.39 is 24.2 Å². The Labute approximate surface area is 112 Å². The molecular weight excluding hydrogens is 251 g/mol. The van der Waals surface area contributed by atoms with E-state index in [1.807, 2.05) is 0 Å². The van der Waals surface area contributed by atoms with Gasteiger partial charge in [-0.05, 0) is 0 Å². The maximum Gasteiger partial charge on any atom is 0.322 e. The molecule has 19 heavy (non-hydrogen) atoms. The van der Waals surface area contributed by atoms with E-state index in [0.29, 0.717) is 12.8 Å². The van der Waals surface area contributed by atoms with E-state index in [-0.39, 0.29) is 13.0 Å². The lowest BCUT2D eigenvalue weighted by Gasteiger charge is -2.40. The molecule has 105 valence electrons. The van der Waals surface area contributed by atoms with Crippen LogP contribution in [0, 0.1) is 0 Å². The van der Waals surface area contributed by atoms with Crippen LogP contribution in [0.3, 0.4) is 0 Å². The van der Waals surface area contributed by atoms with Crippen molar-refractivity contribution < 1.29 is 24.3 Å². The smallest absolute Gasteiger partial charge is 0.322 e. The van der Waals surface area contributed by atoms with Gasteiger partial charge in [-0.1, -0.05) is 6.08 Å². The Balaban J connectivity index is 2.64. The summed E-state index contributed by atoms with van der Waals surface area (Å²) in [6, 6.07) is -1.07. The second kappa shape index (κ2) is 8.06. The van der Waals surface area contributed by atoms with Gasteiger partial charge in [-0.25, -0.2) is 0 Å². The predicted octanol–water partition coefficient (Wildman–Crippen LogP) is -1.52. The molecule has 0 aromatic rings. The first kappa shape index (κ1) is 15.8. The van der Waals surface area contributed by atoms with E-state index in [0.717, 1.165) is 0 Å². The molecule has 0 aromatic heterocycles. The highest BCUT2D eigenvalue weighted by atomic mass is 16.6. The van der Waals surface area contributed by atoms with Crippen molar-refractivity contribution in [3.8, 4) is 0 Å². The van der Waals surface area contributed by atoms with Crippen molar-refractivity contribution in [3.63, 3.8) is 0 Å². The molecule has 1 heterocycles. The summed E-state index contributed by atoms with van der Waals surface area (Å²) in [4.78, 5) is 28.8. The SMILES string of the molecule is C=CCON[C@H]1CN([B]C=O)C(C(=O)OC)C[C@@H]1O. The average Bonchev–Trinajstić information content (AvgIpc) is 2.41. The van der Waals surface area contributed by atoms with Crippen LogP contribution in [0.5, 0.6) is 0 Å². The van der Waals surface area contributed by atoms with E-state index in [1.54, 1.807) is 6.08 Å². The molecule has 0 amide bonds. The van der Waals surface area contributed by atoms with Gasteiger partial charge in [0.2, 0.25) is 0 Å². The van der Waals surface area contributed by atoms with Crippen molar-refractivity contribution in [2.24, 2.45) is 0 Å². The number of hydrogen-bond donors (Lipinski definition) is 2. The molecule has 1 saturated heterocycles. The predicted molar refractivity (Wildman–Crippen MR) is 68.7 cm³/mol. The first-order valence-electron chi connectivity index (χ1n) is 5.92. The van der Waals surface area contributed by atoms with Crippen molar-refractivity contribution in [1.82, 2.24) is 10.3 Å². The summed E-state index contributed by atoms with van der Waals surface area (Å²) in [7, 11) is 2.53. The molecule has 0 bridgehead atoms. The minimum atomic E-state index is -0.773. The molecule has 1 fully saturated rings. The third kappa shape index (κ3) is 4.43. The fraction of sp³-hybridized carbons (Fsp3) is 0.636. The zero-order valence-corrected chi connectivity index (χ0v) is 10.8. The largest absolute Gasteiger partial charge is 0.468 e. The van der Waals surface area contributed by atoms with Gasteiger partial charge in [-0.3, -0.25) is 9.63 Å². The van der Waals surface area contributed by atoms with Crippen LogP contribution in [-0.4, -0.2) is 67.9 Å². The first-order chi connectivity index (χ1) is 9.13. The van der Waals surface area contributed by atoms with Crippen molar-refractivity contribution in [1.29, 1.82) is 0 Å². The Morgan fingerprint density at radius 3 is 3.00 bits per heavy atom. The van der Waals surface area contributed by atoms with Gasteiger partial charge in [-0.2, -0.15) is 5.48 Å². The lowest BCUT2D eigenvalue weighted by molar-refractivity contribution is -0.149. The molecule has 0 saturated carbocycles. The van der Waals surface area contributed by atoms with Crippen LogP contribution in [0.2, 0.25) is 0 Å². The Bertz CT molecular complexity index is 328. The van der Waals surface area contributed by atoms with Crippen LogP contribution >= 0.6 is 0 Å². The number of esters is 1. The number of nitrogens with zero attached hydrogens (tertiary/aromatic N) is 1. The summed E-state index contributed by atoms with van der Waals surface area (Å²) in [6.45, 7) is 4.05. The number of hydroxylamine groups is 1. The first-order valence-corrected chi connectivity index (χ1v) is 5.92. The number of hydrogen-bond acceptors (Lipinski definition) is 7.